The third-order valence-electron chi connectivity index (χ3n) is 6.11. The lowest BCUT2D eigenvalue weighted by Gasteiger charge is -2.51. The second kappa shape index (κ2) is 5.96. The Balaban J connectivity index is 2.34. The summed E-state index contributed by atoms with van der Waals surface area (Å²) >= 11 is 0. The number of aliphatic hydroxyl groups is 3. The molecule has 1 saturated heterocycles. The highest BCUT2D eigenvalue weighted by Crippen LogP contribution is 2.53. The zero-order chi connectivity index (χ0) is 19.5. The van der Waals surface area contributed by atoms with E-state index in [1.54, 1.807) is 4.57 Å². The van der Waals surface area contributed by atoms with Crippen LogP contribution in [0.25, 0.3) is 11.2 Å². The first-order chi connectivity index (χ1) is 12.0. The fourth-order valence-corrected chi connectivity index (χ4v) is 6.80. The van der Waals surface area contributed by atoms with Crippen molar-refractivity contribution in [2.45, 2.75) is 62.6 Å². The number of nitrogens with zero attached hydrogens (tertiary/aromatic N) is 4. The number of imidazole rings is 1. The third kappa shape index (κ3) is 2.33. The summed E-state index contributed by atoms with van der Waals surface area (Å²) in [5.74, 6) is 0.228. The molecule has 2 aromatic rings. The molecule has 4 atom stereocenters. The minimum Gasteiger partial charge on any atom is -0.394 e. The third-order valence-corrected chi connectivity index (χ3v) is 12.3. The van der Waals surface area contributed by atoms with Crippen LogP contribution < -0.4 is 5.73 Å². The number of nitrogens with two attached hydrogens (primary N) is 1. The predicted octanol–water partition coefficient (Wildman–Crippen LogP) is 0.222. The Labute approximate surface area is 152 Å². The second-order valence-corrected chi connectivity index (χ2v) is 13.9. The van der Waals surface area contributed by atoms with E-state index in [1.165, 1.54) is 12.7 Å². The Hall–Kier alpha value is -1.59. The molecule has 1 aliphatic rings. The van der Waals surface area contributed by atoms with Crippen molar-refractivity contribution in [1.82, 2.24) is 19.5 Å². The van der Waals surface area contributed by atoms with E-state index in [-0.39, 0.29) is 10.9 Å². The van der Waals surface area contributed by atoms with Crippen molar-refractivity contribution in [3.8, 4) is 0 Å². The molecule has 144 valence electrons. The molecule has 0 unspecified atom stereocenters. The van der Waals surface area contributed by atoms with Gasteiger partial charge < -0.3 is 25.8 Å². The van der Waals surface area contributed by atoms with Gasteiger partial charge in [-0.05, 0) is 5.04 Å². The first-order valence-electron chi connectivity index (χ1n) is 8.58. The number of aliphatic hydroxyl groups excluding tert-OH is 3. The van der Waals surface area contributed by atoms with Gasteiger partial charge in [0, 0.05) is 0 Å². The summed E-state index contributed by atoms with van der Waals surface area (Å²) < 4.78 is 7.91. The van der Waals surface area contributed by atoms with Gasteiger partial charge in [0.2, 0.25) is 0 Å². The maximum Gasteiger partial charge on any atom is 0.167 e. The molecular formula is C16H27N5O4Si. The van der Waals surface area contributed by atoms with E-state index in [2.05, 4.69) is 48.8 Å². The van der Waals surface area contributed by atoms with Crippen LogP contribution in [0.3, 0.4) is 0 Å². The zero-order valence-corrected chi connectivity index (χ0v) is 16.7. The van der Waals surface area contributed by atoms with Gasteiger partial charge >= 0.3 is 0 Å². The molecule has 2 aromatic heterocycles. The smallest absolute Gasteiger partial charge is 0.167 e. The van der Waals surface area contributed by atoms with E-state index in [0.29, 0.717) is 11.2 Å². The highest BCUT2D eigenvalue weighted by molar-refractivity contribution is 6.82. The van der Waals surface area contributed by atoms with Gasteiger partial charge in [0.05, 0.1) is 12.9 Å². The molecule has 26 heavy (non-hydrogen) atoms. The molecule has 0 radical (unpaired) electrons. The van der Waals surface area contributed by atoms with Crippen molar-refractivity contribution in [2.75, 3.05) is 12.3 Å². The van der Waals surface area contributed by atoms with Gasteiger partial charge in [0.25, 0.3) is 0 Å². The summed E-state index contributed by atoms with van der Waals surface area (Å²) in [6.45, 7) is 10.0. The summed E-state index contributed by atoms with van der Waals surface area (Å²) in [7, 11) is -2.55. The molecule has 10 heteroatoms. The molecule has 0 amide bonds. The first kappa shape index (κ1) is 19.2. The van der Waals surface area contributed by atoms with Crippen LogP contribution in [0.1, 0.15) is 20.8 Å². The average molecular weight is 382 g/mol. The number of fused-ring (bicyclic) bond motifs is 1. The van der Waals surface area contributed by atoms with Crippen LogP contribution in [-0.2, 0) is 10.1 Å². The fourth-order valence-electron chi connectivity index (χ4n) is 3.60. The van der Waals surface area contributed by atoms with Gasteiger partial charge in [-0.25, -0.2) is 15.0 Å². The topological polar surface area (TPSA) is 140 Å². The van der Waals surface area contributed by atoms with E-state index >= 15 is 0 Å². The predicted molar refractivity (Wildman–Crippen MR) is 98.9 cm³/mol. The van der Waals surface area contributed by atoms with Gasteiger partial charge in [0.15, 0.2) is 16.8 Å². The van der Waals surface area contributed by atoms with Crippen LogP contribution >= 0.6 is 0 Å². The maximum atomic E-state index is 11.1. The molecule has 5 N–H and O–H groups in total. The molecule has 1 aliphatic heterocycles. The van der Waals surface area contributed by atoms with Crippen LogP contribution in [0.15, 0.2) is 12.7 Å². The van der Waals surface area contributed by atoms with Crippen molar-refractivity contribution in [3.05, 3.63) is 12.7 Å². The summed E-state index contributed by atoms with van der Waals surface area (Å²) in [4.78, 5) is 12.6. The van der Waals surface area contributed by atoms with Crippen molar-refractivity contribution >= 4 is 25.1 Å². The molecule has 0 aliphatic carbocycles. The van der Waals surface area contributed by atoms with Crippen molar-refractivity contribution in [1.29, 1.82) is 0 Å². The second-order valence-electron chi connectivity index (χ2n) is 8.39. The quantitative estimate of drug-likeness (QED) is 0.554. The number of hydrogen-bond acceptors (Lipinski definition) is 8. The van der Waals surface area contributed by atoms with E-state index in [1.807, 2.05) is 0 Å². The molecule has 0 aromatic carbocycles. The molecule has 3 heterocycles. The summed E-state index contributed by atoms with van der Waals surface area (Å²) in [5.41, 5.74) is 6.74. The summed E-state index contributed by atoms with van der Waals surface area (Å²) in [6, 6.07) is 0. The number of nitrogen functional groups attached to an aromatic ring is 1. The van der Waals surface area contributed by atoms with Gasteiger partial charge in [-0.2, -0.15) is 0 Å². The zero-order valence-electron chi connectivity index (χ0n) is 15.7. The molecule has 9 nitrogen and oxygen atoms in total. The Bertz CT molecular complexity index is 821. The summed E-state index contributed by atoms with van der Waals surface area (Å²) in [5, 5.41) is 29.8. The minimum atomic E-state index is -2.55. The SMILES string of the molecule is CC(C)(C)[Si](C)(C)[C@@]1(n2cnc3c(N)ncnc32)O[C@H](CO)[C@@H](O)[C@H]1O. The molecule has 0 bridgehead atoms. The Morgan fingerprint density at radius 3 is 2.46 bits per heavy atom. The Kier molecular flexibility index (Phi) is 4.40. The van der Waals surface area contributed by atoms with E-state index in [9.17, 15) is 15.3 Å². The maximum absolute atomic E-state index is 11.1. The molecule has 0 saturated carbocycles. The van der Waals surface area contributed by atoms with E-state index in [4.69, 9.17) is 10.5 Å². The highest BCUT2D eigenvalue weighted by atomic mass is 28.3. The van der Waals surface area contributed by atoms with E-state index < -0.39 is 38.3 Å². The van der Waals surface area contributed by atoms with Crippen molar-refractivity contribution in [3.63, 3.8) is 0 Å². The fraction of sp³-hybridized carbons (Fsp3) is 0.688. The number of hydrogen-bond donors (Lipinski definition) is 4. The van der Waals surface area contributed by atoms with Crippen LogP contribution in [0.5, 0.6) is 0 Å². The lowest BCUT2D eigenvalue weighted by Crippen LogP contribution is -2.66. The number of rotatable bonds is 3. The standard InChI is InChI=1S/C16H27N5O4Si/c1-15(2,3)26(4,5)16(12(24)11(23)9(6-22)25-16)21-8-20-10-13(17)18-7-19-14(10)21/h7-9,11-12,22-24H,6H2,1-5H3,(H2,17,18,19)/t9-,11-,12-,16+/m1/s1. The average Bonchev–Trinajstić information content (AvgIpc) is 3.09. The Morgan fingerprint density at radius 2 is 1.92 bits per heavy atom. The largest absolute Gasteiger partial charge is 0.394 e. The normalized spacial score (nSPS) is 30.2. The highest BCUT2D eigenvalue weighted by Gasteiger charge is 2.67. The molecule has 1 fully saturated rings. The minimum absolute atomic E-state index is 0.215. The lowest BCUT2D eigenvalue weighted by atomic mass is 10.1. The van der Waals surface area contributed by atoms with Crippen molar-refractivity contribution in [2.24, 2.45) is 0 Å². The molecular weight excluding hydrogens is 354 g/mol. The van der Waals surface area contributed by atoms with Crippen LogP contribution in [0.2, 0.25) is 18.1 Å². The molecule has 0 spiro atoms. The van der Waals surface area contributed by atoms with E-state index in [0.717, 1.165) is 0 Å². The van der Waals surface area contributed by atoms with Crippen molar-refractivity contribution < 1.29 is 20.1 Å². The number of ether oxygens (including phenoxy) is 1. The summed E-state index contributed by atoms with van der Waals surface area (Å²) in [6.07, 6.45) is -0.543. The number of anilines is 1. The Morgan fingerprint density at radius 1 is 1.27 bits per heavy atom. The van der Waals surface area contributed by atoms with Gasteiger partial charge in [-0.15, -0.1) is 0 Å². The van der Waals surface area contributed by atoms with Gasteiger partial charge in [0.1, 0.15) is 38.2 Å². The molecule has 3 rings (SSSR count). The lowest BCUT2D eigenvalue weighted by molar-refractivity contribution is -0.0950. The monoisotopic (exact) mass is 381 g/mol. The first-order valence-corrected chi connectivity index (χ1v) is 11.6. The van der Waals surface area contributed by atoms with Crippen LogP contribution in [-0.4, -0.2) is 67.8 Å². The van der Waals surface area contributed by atoms with Gasteiger partial charge in [-0.3, -0.25) is 4.57 Å². The van der Waals surface area contributed by atoms with Crippen LogP contribution in [0, 0.1) is 0 Å². The van der Waals surface area contributed by atoms with Gasteiger partial charge in [-0.1, -0.05) is 33.9 Å². The number of aromatic nitrogens is 4. The van der Waals surface area contributed by atoms with Crippen LogP contribution in [0.4, 0.5) is 5.82 Å².